The van der Waals surface area contributed by atoms with E-state index in [0.717, 1.165) is 13.1 Å². The Labute approximate surface area is 85.1 Å². The molecule has 2 saturated heterocycles. The minimum atomic E-state index is -0.452. The molecule has 4 nitrogen and oxygen atoms in total. The molecule has 4 atom stereocenters. The zero-order valence-corrected chi connectivity index (χ0v) is 9.36. The minimum Gasteiger partial charge on any atom is -0.378 e. The van der Waals surface area contributed by atoms with Crippen LogP contribution in [0, 0.1) is 10.8 Å². The van der Waals surface area contributed by atoms with Crippen LogP contribution < -0.4 is 0 Å². The molecule has 14 heavy (non-hydrogen) atoms. The van der Waals surface area contributed by atoms with E-state index in [1.54, 1.807) is 0 Å². The molecule has 0 spiro atoms. The molecule has 0 aromatic rings. The van der Waals surface area contributed by atoms with E-state index in [1.165, 1.54) is 0 Å². The molecule has 0 bridgehead atoms. The van der Waals surface area contributed by atoms with Crippen molar-refractivity contribution in [3.8, 4) is 0 Å². The Bertz CT molecular complexity index is 235. The van der Waals surface area contributed by atoms with Crippen LogP contribution in [0.3, 0.4) is 0 Å². The van der Waals surface area contributed by atoms with Crippen molar-refractivity contribution < 1.29 is 10.2 Å². The van der Waals surface area contributed by atoms with E-state index in [4.69, 9.17) is 0 Å². The first-order chi connectivity index (χ1) is 6.33. The number of aliphatic hydroxyl groups is 2. The second-order valence-electron chi connectivity index (χ2n) is 5.41. The van der Waals surface area contributed by atoms with Gasteiger partial charge in [0.05, 0.1) is 0 Å². The van der Waals surface area contributed by atoms with Crippen molar-refractivity contribution in [1.29, 1.82) is 0 Å². The number of rotatable bonds is 0. The van der Waals surface area contributed by atoms with Crippen LogP contribution in [0.4, 0.5) is 0 Å². The Morgan fingerprint density at radius 1 is 0.929 bits per heavy atom. The van der Waals surface area contributed by atoms with Crippen molar-refractivity contribution in [2.24, 2.45) is 10.8 Å². The Kier molecular flexibility index (Phi) is 2.00. The third-order valence-electron chi connectivity index (χ3n) is 4.44. The highest BCUT2D eigenvalue weighted by atomic mass is 16.3. The monoisotopic (exact) mass is 200 g/mol. The van der Waals surface area contributed by atoms with E-state index in [2.05, 4.69) is 13.8 Å². The molecule has 2 unspecified atom stereocenters. The third kappa shape index (κ3) is 0.922. The third-order valence-corrected chi connectivity index (χ3v) is 4.44. The van der Waals surface area contributed by atoms with Gasteiger partial charge in [-0.05, 0) is 14.1 Å². The van der Waals surface area contributed by atoms with Crippen molar-refractivity contribution in [3.05, 3.63) is 0 Å². The fourth-order valence-corrected chi connectivity index (χ4v) is 3.30. The molecular weight excluding hydrogens is 180 g/mol. The lowest BCUT2D eigenvalue weighted by Crippen LogP contribution is -2.43. The van der Waals surface area contributed by atoms with Gasteiger partial charge >= 0.3 is 0 Å². The van der Waals surface area contributed by atoms with Crippen LogP contribution in [0.2, 0.25) is 0 Å². The van der Waals surface area contributed by atoms with E-state index >= 15 is 0 Å². The molecule has 4 heteroatoms. The standard InChI is InChI=1S/C10H20N2O2/c1-9-5-11(3)8(14)10(9,2)6-12(4)7(9)13/h7-8,13-14H,5-6H2,1-4H3/t7?,8?,9-,10-/m1/s1. The van der Waals surface area contributed by atoms with Gasteiger partial charge in [-0.15, -0.1) is 0 Å². The summed E-state index contributed by atoms with van der Waals surface area (Å²) in [6.07, 6.45) is -0.904. The highest BCUT2D eigenvalue weighted by molar-refractivity contribution is 5.12. The molecule has 0 aromatic heterocycles. The van der Waals surface area contributed by atoms with Crippen molar-refractivity contribution in [2.45, 2.75) is 26.3 Å². The van der Waals surface area contributed by atoms with E-state index in [0.29, 0.717) is 0 Å². The Morgan fingerprint density at radius 3 is 1.50 bits per heavy atom. The summed E-state index contributed by atoms with van der Waals surface area (Å²) in [7, 11) is 3.82. The van der Waals surface area contributed by atoms with E-state index < -0.39 is 12.5 Å². The molecule has 0 saturated carbocycles. The molecule has 0 amide bonds. The Hall–Kier alpha value is -0.160. The number of hydrogen-bond acceptors (Lipinski definition) is 4. The zero-order chi connectivity index (χ0) is 10.7. The van der Waals surface area contributed by atoms with Crippen molar-refractivity contribution in [3.63, 3.8) is 0 Å². The maximum atomic E-state index is 10.1. The van der Waals surface area contributed by atoms with Crippen LogP contribution in [0.15, 0.2) is 0 Å². The summed E-state index contributed by atoms with van der Waals surface area (Å²) in [5, 5.41) is 20.2. The molecule has 2 aliphatic heterocycles. The lowest BCUT2D eigenvalue weighted by Gasteiger charge is -2.35. The van der Waals surface area contributed by atoms with Crippen LogP contribution in [0.5, 0.6) is 0 Å². The number of likely N-dealkylation sites (tertiary alicyclic amines) is 2. The van der Waals surface area contributed by atoms with Gasteiger partial charge in [-0.2, -0.15) is 0 Å². The average molecular weight is 200 g/mol. The number of nitrogens with zero attached hydrogens (tertiary/aromatic N) is 2. The second kappa shape index (κ2) is 2.70. The van der Waals surface area contributed by atoms with Crippen molar-refractivity contribution >= 4 is 0 Å². The van der Waals surface area contributed by atoms with Gasteiger partial charge in [0, 0.05) is 23.9 Å². The average Bonchev–Trinajstić information content (AvgIpc) is 2.37. The second-order valence-corrected chi connectivity index (χ2v) is 5.41. The molecule has 2 aliphatic rings. The van der Waals surface area contributed by atoms with Gasteiger partial charge in [-0.1, -0.05) is 13.8 Å². The smallest absolute Gasteiger partial charge is 0.114 e. The first kappa shape index (κ1) is 10.4. The molecule has 0 aromatic carbocycles. The maximum absolute atomic E-state index is 10.1. The van der Waals surface area contributed by atoms with Gasteiger partial charge in [0.2, 0.25) is 0 Å². The molecular formula is C10H20N2O2. The summed E-state index contributed by atoms with van der Waals surface area (Å²) >= 11 is 0. The van der Waals surface area contributed by atoms with Gasteiger partial charge in [0.15, 0.2) is 0 Å². The van der Waals surface area contributed by atoms with Crippen LogP contribution in [0.25, 0.3) is 0 Å². The van der Waals surface area contributed by atoms with Gasteiger partial charge in [-0.25, -0.2) is 0 Å². The van der Waals surface area contributed by atoms with E-state index in [-0.39, 0.29) is 10.8 Å². The summed E-state index contributed by atoms with van der Waals surface area (Å²) < 4.78 is 0. The molecule has 0 radical (unpaired) electrons. The van der Waals surface area contributed by atoms with E-state index in [9.17, 15) is 10.2 Å². The topological polar surface area (TPSA) is 46.9 Å². The van der Waals surface area contributed by atoms with Crippen LogP contribution in [0.1, 0.15) is 13.8 Å². The first-order valence-corrected chi connectivity index (χ1v) is 5.09. The molecule has 2 N–H and O–H groups in total. The van der Waals surface area contributed by atoms with Gasteiger partial charge in [0.1, 0.15) is 12.5 Å². The normalized spacial score (nSPS) is 55.3. The zero-order valence-electron chi connectivity index (χ0n) is 9.36. The van der Waals surface area contributed by atoms with Crippen LogP contribution in [-0.4, -0.2) is 59.7 Å². The fourth-order valence-electron chi connectivity index (χ4n) is 3.30. The van der Waals surface area contributed by atoms with E-state index in [1.807, 2.05) is 23.9 Å². The molecule has 2 heterocycles. The molecule has 2 rings (SSSR count). The summed E-state index contributed by atoms with van der Waals surface area (Å²) in [6, 6.07) is 0. The highest BCUT2D eigenvalue weighted by Crippen LogP contribution is 2.56. The summed E-state index contributed by atoms with van der Waals surface area (Å²) in [4.78, 5) is 3.85. The van der Waals surface area contributed by atoms with Crippen LogP contribution >= 0.6 is 0 Å². The van der Waals surface area contributed by atoms with Crippen molar-refractivity contribution in [2.75, 3.05) is 27.2 Å². The summed E-state index contributed by atoms with van der Waals surface area (Å²) in [6.45, 7) is 5.62. The predicted octanol–water partition coefficient (Wildman–Crippen LogP) is -0.473. The number of fused-ring (bicyclic) bond motifs is 1. The Balaban J connectivity index is 2.41. The maximum Gasteiger partial charge on any atom is 0.114 e. The molecule has 2 fully saturated rings. The quantitative estimate of drug-likeness (QED) is 0.555. The van der Waals surface area contributed by atoms with Gasteiger partial charge in [0.25, 0.3) is 0 Å². The number of hydrogen-bond donors (Lipinski definition) is 2. The lowest BCUT2D eigenvalue weighted by molar-refractivity contribution is -0.0462. The largest absolute Gasteiger partial charge is 0.378 e. The first-order valence-electron chi connectivity index (χ1n) is 5.09. The summed E-state index contributed by atoms with van der Waals surface area (Å²) in [5.74, 6) is 0. The lowest BCUT2D eigenvalue weighted by atomic mass is 9.69. The predicted molar refractivity (Wildman–Crippen MR) is 53.5 cm³/mol. The molecule has 0 aliphatic carbocycles. The minimum absolute atomic E-state index is 0.226. The van der Waals surface area contributed by atoms with Crippen LogP contribution in [-0.2, 0) is 0 Å². The van der Waals surface area contributed by atoms with Gasteiger partial charge < -0.3 is 10.2 Å². The fraction of sp³-hybridized carbons (Fsp3) is 1.00. The van der Waals surface area contributed by atoms with Gasteiger partial charge in [-0.3, -0.25) is 9.80 Å². The molecule has 82 valence electrons. The van der Waals surface area contributed by atoms with Crippen molar-refractivity contribution in [1.82, 2.24) is 9.80 Å². The Morgan fingerprint density at radius 2 is 1.21 bits per heavy atom. The SMILES string of the molecule is CN1C[C@]2(C)C(O)N(C)C[C@]2(C)C1O. The number of aliphatic hydroxyl groups excluding tert-OH is 2. The highest BCUT2D eigenvalue weighted by Gasteiger charge is 2.65. The summed E-state index contributed by atoms with van der Waals surface area (Å²) in [5.41, 5.74) is -0.453.